The Hall–Kier alpha value is -3.73. The van der Waals surface area contributed by atoms with Gasteiger partial charge in [-0.15, -0.1) is 0 Å². The normalized spacial score (nSPS) is 17.5. The van der Waals surface area contributed by atoms with Crippen LogP contribution in [0, 0.1) is 0 Å². The van der Waals surface area contributed by atoms with Crippen LogP contribution in [0.4, 0.5) is 0 Å². The second-order valence-electron chi connectivity index (χ2n) is 14.6. The Morgan fingerprint density at radius 1 is 0.326 bits per heavy atom. The lowest BCUT2D eigenvalue weighted by Gasteiger charge is -2.45. The lowest BCUT2D eigenvalue weighted by Crippen LogP contribution is -2.49. The van der Waals surface area contributed by atoms with Gasteiger partial charge < -0.3 is 0 Å². The maximum Gasteiger partial charge on any atom is 0.116 e. The van der Waals surface area contributed by atoms with E-state index < -0.39 is 16.1 Å². The van der Waals surface area contributed by atoms with Crippen LogP contribution in [0.5, 0.6) is 0 Å². The fraction of sp³-hybridized carbons (Fsp3) is 0.273. The molecule has 2 heterocycles. The maximum atomic E-state index is 2.84. The van der Waals surface area contributed by atoms with Gasteiger partial charge in [0.15, 0.2) is 0 Å². The molecule has 2 heteroatoms. The first-order chi connectivity index (χ1) is 22.1. The van der Waals surface area contributed by atoms with Gasteiger partial charge in [-0.05, 0) is 77.1 Å². The van der Waals surface area contributed by atoms with E-state index in [0.717, 1.165) is 0 Å². The largest absolute Gasteiger partial charge is 0.116 e. The monoisotopic (exact) mass is 634 g/mol. The van der Waals surface area contributed by atoms with Crippen LogP contribution in [0.25, 0.3) is 22.3 Å². The molecule has 6 rings (SSSR count). The summed E-state index contributed by atoms with van der Waals surface area (Å²) in [5.41, 5.74) is 19.1. The standard InChI is InChI=1S/C44H50Si2/c1-31(2)45(32(3)4)29-39(35-21-13-9-14-22-35)41(37-25-17-11-18-26-37)43(45)44-42(38-27-19-12-20-28-38)40(36-23-15-10-16-24-36)30-46(44,33(5)6)34(7)8/h9-34H,1-8H3. The van der Waals surface area contributed by atoms with Crippen LogP contribution < -0.4 is 0 Å². The van der Waals surface area contributed by atoms with Gasteiger partial charge in [0.1, 0.15) is 16.1 Å². The zero-order valence-electron chi connectivity index (χ0n) is 29.0. The first kappa shape index (κ1) is 32.2. The van der Waals surface area contributed by atoms with E-state index in [2.05, 4.69) is 188 Å². The number of rotatable bonds is 9. The molecule has 0 radical (unpaired) electrons. The van der Waals surface area contributed by atoms with Crippen molar-refractivity contribution in [3.63, 3.8) is 0 Å². The minimum Gasteiger partial charge on any atom is -0.0810 e. The van der Waals surface area contributed by atoms with Gasteiger partial charge in [0, 0.05) is 0 Å². The lowest BCUT2D eigenvalue weighted by atomic mass is 9.90. The number of hydrogen-bond donors (Lipinski definition) is 0. The zero-order chi connectivity index (χ0) is 32.6. The molecule has 4 aromatic rings. The third kappa shape index (κ3) is 5.11. The van der Waals surface area contributed by atoms with E-state index in [4.69, 9.17) is 0 Å². The maximum absolute atomic E-state index is 2.84. The molecule has 234 valence electrons. The molecule has 46 heavy (non-hydrogen) atoms. The number of hydrogen-bond acceptors (Lipinski definition) is 0. The summed E-state index contributed by atoms with van der Waals surface area (Å²) in [6, 6.07) is 45.3. The van der Waals surface area contributed by atoms with Crippen molar-refractivity contribution < 1.29 is 0 Å². The van der Waals surface area contributed by atoms with Gasteiger partial charge in [0.2, 0.25) is 0 Å². The topological polar surface area (TPSA) is 0 Å². The molecule has 0 nitrogen and oxygen atoms in total. The van der Waals surface area contributed by atoms with Crippen LogP contribution >= 0.6 is 0 Å². The molecule has 0 unspecified atom stereocenters. The molecule has 0 atom stereocenters. The van der Waals surface area contributed by atoms with Crippen molar-refractivity contribution in [2.75, 3.05) is 0 Å². The third-order valence-corrected chi connectivity index (χ3v) is 23.2. The Morgan fingerprint density at radius 2 is 0.565 bits per heavy atom. The lowest BCUT2D eigenvalue weighted by molar-refractivity contribution is 0.909. The van der Waals surface area contributed by atoms with E-state index in [0.29, 0.717) is 22.2 Å². The quantitative estimate of drug-likeness (QED) is 0.161. The second kappa shape index (κ2) is 12.8. The van der Waals surface area contributed by atoms with Crippen LogP contribution in [-0.4, -0.2) is 16.1 Å². The summed E-state index contributed by atoms with van der Waals surface area (Å²) in [5, 5.41) is 3.44. The Kier molecular flexibility index (Phi) is 8.98. The highest BCUT2D eigenvalue weighted by Crippen LogP contribution is 2.62. The van der Waals surface area contributed by atoms with Crippen molar-refractivity contribution in [2.24, 2.45) is 0 Å². The molecule has 4 aromatic carbocycles. The predicted octanol–water partition coefficient (Wildman–Crippen LogP) is 12.8. The summed E-state index contributed by atoms with van der Waals surface area (Å²) in [4.78, 5) is 0. The van der Waals surface area contributed by atoms with E-state index in [1.54, 1.807) is 10.4 Å². The summed E-state index contributed by atoms with van der Waals surface area (Å²) in [6.07, 6.45) is 0. The van der Waals surface area contributed by atoms with Gasteiger partial charge in [-0.2, -0.15) is 0 Å². The van der Waals surface area contributed by atoms with E-state index in [1.807, 2.05) is 0 Å². The van der Waals surface area contributed by atoms with Crippen molar-refractivity contribution in [3.8, 4) is 0 Å². The second-order valence-corrected chi connectivity index (χ2v) is 24.5. The molecular weight excluding hydrogens is 585 g/mol. The number of benzene rings is 4. The molecule has 0 saturated heterocycles. The summed E-state index contributed by atoms with van der Waals surface area (Å²) >= 11 is 0. The van der Waals surface area contributed by atoms with Crippen molar-refractivity contribution in [3.05, 3.63) is 165 Å². The highest BCUT2D eigenvalue weighted by atomic mass is 28.3. The molecule has 0 bridgehead atoms. The molecule has 2 aliphatic rings. The van der Waals surface area contributed by atoms with E-state index in [-0.39, 0.29) is 0 Å². The minimum absolute atomic E-state index is 0.541. The average molecular weight is 635 g/mol. The number of allylic oxidation sites excluding steroid dienone is 6. The SMILES string of the molecule is CC(C)[Si]1(C(C)C)C=C(c2ccccc2)C(c2ccccc2)=C1C1=C(c2ccccc2)C(c2ccccc2)=C[Si]1(C(C)C)C(C)C. The third-order valence-electron chi connectivity index (χ3n) is 11.0. The molecule has 2 aliphatic heterocycles. The summed E-state index contributed by atoms with van der Waals surface area (Å²) in [7, 11) is -4.60. The van der Waals surface area contributed by atoms with E-state index in [1.165, 1.54) is 44.5 Å². The van der Waals surface area contributed by atoms with Crippen LogP contribution in [0.2, 0.25) is 22.2 Å². The average Bonchev–Trinajstić information content (AvgIpc) is 3.62. The van der Waals surface area contributed by atoms with Gasteiger partial charge in [-0.25, -0.2) is 0 Å². The van der Waals surface area contributed by atoms with Crippen LogP contribution in [0.1, 0.15) is 77.6 Å². The van der Waals surface area contributed by atoms with Crippen LogP contribution in [0.15, 0.2) is 143 Å². The Balaban J connectivity index is 1.88. The minimum atomic E-state index is -2.30. The molecule has 0 spiro atoms. The first-order valence-corrected chi connectivity index (χ1v) is 21.8. The van der Waals surface area contributed by atoms with Gasteiger partial charge >= 0.3 is 0 Å². The van der Waals surface area contributed by atoms with Gasteiger partial charge in [-0.3, -0.25) is 0 Å². The molecule has 0 fully saturated rings. The molecule has 0 aromatic heterocycles. The molecule has 0 saturated carbocycles. The highest BCUT2D eigenvalue weighted by molar-refractivity contribution is 7.05. The fourth-order valence-corrected chi connectivity index (χ4v) is 20.8. The summed E-state index contributed by atoms with van der Waals surface area (Å²) < 4.78 is 0. The van der Waals surface area contributed by atoms with Crippen molar-refractivity contribution in [1.82, 2.24) is 0 Å². The smallest absolute Gasteiger partial charge is 0.0810 e. The summed E-state index contributed by atoms with van der Waals surface area (Å²) in [5.74, 6) is 0. The summed E-state index contributed by atoms with van der Waals surface area (Å²) in [6.45, 7) is 20.2. The molecular formula is C44H50Si2. The van der Waals surface area contributed by atoms with E-state index in [9.17, 15) is 0 Å². The van der Waals surface area contributed by atoms with Crippen molar-refractivity contribution in [1.29, 1.82) is 0 Å². The molecule has 0 amide bonds. The van der Waals surface area contributed by atoms with Gasteiger partial charge in [0.25, 0.3) is 0 Å². The molecule has 0 N–H and O–H groups in total. The predicted molar refractivity (Wildman–Crippen MR) is 207 cm³/mol. The van der Waals surface area contributed by atoms with Crippen LogP contribution in [-0.2, 0) is 0 Å². The highest BCUT2D eigenvalue weighted by Gasteiger charge is 2.57. The van der Waals surface area contributed by atoms with Crippen molar-refractivity contribution in [2.45, 2.75) is 77.6 Å². The Morgan fingerprint density at radius 3 is 0.804 bits per heavy atom. The van der Waals surface area contributed by atoms with Gasteiger partial charge in [-0.1, -0.05) is 188 Å². The van der Waals surface area contributed by atoms with Crippen molar-refractivity contribution >= 4 is 38.4 Å². The fourth-order valence-electron chi connectivity index (χ4n) is 8.81. The van der Waals surface area contributed by atoms with E-state index >= 15 is 0 Å². The first-order valence-electron chi connectivity index (χ1n) is 17.3. The Bertz CT molecular complexity index is 1650. The Labute approximate surface area is 280 Å². The van der Waals surface area contributed by atoms with Crippen LogP contribution in [0.3, 0.4) is 0 Å². The zero-order valence-corrected chi connectivity index (χ0v) is 31.0. The molecule has 0 aliphatic carbocycles. The van der Waals surface area contributed by atoms with Gasteiger partial charge in [0.05, 0.1) is 0 Å².